The number of urea groups is 1. The third-order valence-electron chi connectivity index (χ3n) is 5.20. The fourth-order valence-corrected chi connectivity index (χ4v) is 3.62. The van der Waals surface area contributed by atoms with Crippen molar-refractivity contribution in [3.05, 3.63) is 42.0 Å². The lowest BCUT2D eigenvalue weighted by Gasteiger charge is -2.13. The normalized spacial score (nSPS) is 18.3. The molecule has 0 aromatic heterocycles. The number of imide groups is 1. The molecule has 1 atom stereocenters. The Kier molecular flexibility index (Phi) is 4.73. The van der Waals surface area contributed by atoms with Crippen molar-refractivity contribution in [3.63, 3.8) is 0 Å². The van der Waals surface area contributed by atoms with E-state index in [1.165, 1.54) is 0 Å². The van der Waals surface area contributed by atoms with E-state index in [1.807, 2.05) is 0 Å². The molecule has 1 fully saturated rings. The molecule has 2 N–H and O–H groups in total. The molecule has 0 unspecified atom stereocenters. The van der Waals surface area contributed by atoms with Gasteiger partial charge in [-0.3, -0.25) is 14.5 Å². The van der Waals surface area contributed by atoms with E-state index in [0.717, 1.165) is 10.5 Å². The summed E-state index contributed by atoms with van der Waals surface area (Å²) in [7, 11) is 0. The van der Waals surface area contributed by atoms with Gasteiger partial charge in [0.1, 0.15) is 6.04 Å². The topological polar surface area (TPSA) is 115 Å². The monoisotopic (exact) mass is 425 g/mol. The predicted octanol–water partition coefficient (Wildman–Crippen LogP) is 1.98. The maximum atomic E-state index is 12.7. The second-order valence-corrected chi connectivity index (χ2v) is 7.27. The number of hydrogen-bond acceptors (Lipinski definition) is 7. The minimum Gasteiger partial charge on any atom is -0.454 e. The van der Waals surface area contributed by atoms with Crippen molar-refractivity contribution in [2.45, 2.75) is 25.4 Å². The van der Waals surface area contributed by atoms with E-state index in [9.17, 15) is 14.4 Å². The van der Waals surface area contributed by atoms with Crippen LogP contribution in [0, 0.1) is 0 Å². The molecule has 4 amide bonds. The first-order valence-corrected chi connectivity index (χ1v) is 9.77. The van der Waals surface area contributed by atoms with Gasteiger partial charge in [-0.05, 0) is 36.2 Å². The van der Waals surface area contributed by atoms with Gasteiger partial charge in [-0.25, -0.2) is 4.79 Å². The zero-order chi connectivity index (χ0) is 21.4. The fourth-order valence-electron chi connectivity index (χ4n) is 3.62. The van der Waals surface area contributed by atoms with E-state index in [1.54, 1.807) is 36.4 Å². The summed E-state index contributed by atoms with van der Waals surface area (Å²) in [5.74, 6) is 1.78. The molecular weight excluding hydrogens is 406 g/mol. The number of nitrogens with zero attached hydrogens (tertiary/aromatic N) is 1. The van der Waals surface area contributed by atoms with Crippen LogP contribution in [0.2, 0.25) is 0 Å². The standard InChI is InChI=1S/C21H19N3O7/c25-19(22-13-2-5-16-18(8-13)31-11-29-16)6-3-14-20(26)24(21(27)23-14)9-12-1-4-15-17(7-12)30-10-28-15/h1-2,4-5,7-8,14H,3,6,9-11H2,(H,22,25)(H,23,27)/t14-/m0/s1. The van der Waals surface area contributed by atoms with Gasteiger partial charge in [-0.1, -0.05) is 6.07 Å². The summed E-state index contributed by atoms with van der Waals surface area (Å²) in [6, 6.07) is 9.14. The van der Waals surface area contributed by atoms with Gasteiger partial charge in [-0.2, -0.15) is 0 Å². The highest BCUT2D eigenvalue weighted by atomic mass is 16.7. The lowest BCUT2D eigenvalue weighted by Crippen LogP contribution is -2.31. The summed E-state index contributed by atoms with van der Waals surface area (Å²) in [5.41, 5.74) is 1.31. The smallest absolute Gasteiger partial charge is 0.325 e. The van der Waals surface area contributed by atoms with Crippen molar-refractivity contribution in [2.75, 3.05) is 18.9 Å². The highest BCUT2D eigenvalue weighted by Gasteiger charge is 2.38. The Morgan fingerprint density at radius 2 is 1.65 bits per heavy atom. The highest BCUT2D eigenvalue weighted by Crippen LogP contribution is 2.34. The van der Waals surface area contributed by atoms with Gasteiger partial charge < -0.3 is 29.6 Å². The molecule has 31 heavy (non-hydrogen) atoms. The lowest BCUT2D eigenvalue weighted by molar-refractivity contribution is -0.128. The van der Waals surface area contributed by atoms with Crippen molar-refractivity contribution < 1.29 is 33.3 Å². The zero-order valence-corrected chi connectivity index (χ0v) is 16.4. The molecule has 10 heteroatoms. The van der Waals surface area contributed by atoms with Crippen molar-refractivity contribution >= 4 is 23.5 Å². The molecule has 0 aliphatic carbocycles. The van der Waals surface area contributed by atoms with Crippen molar-refractivity contribution in [3.8, 4) is 23.0 Å². The summed E-state index contributed by atoms with van der Waals surface area (Å²) >= 11 is 0. The number of fused-ring (bicyclic) bond motifs is 2. The van der Waals surface area contributed by atoms with Crippen LogP contribution in [-0.4, -0.2) is 42.4 Å². The highest BCUT2D eigenvalue weighted by molar-refractivity contribution is 6.04. The molecule has 5 rings (SSSR count). The van der Waals surface area contributed by atoms with Crippen molar-refractivity contribution in [1.29, 1.82) is 0 Å². The van der Waals surface area contributed by atoms with Gasteiger partial charge in [0.15, 0.2) is 23.0 Å². The minimum atomic E-state index is -0.746. The maximum Gasteiger partial charge on any atom is 0.325 e. The molecule has 1 saturated heterocycles. The number of carbonyl (C=O) groups is 3. The Balaban J connectivity index is 1.15. The number of amides is 4. The number of anilines is 1. The van der Waals surface area contributed by atoms with E-state index in [4.69, 9.17) is 18.9 Å². The fraction of sp³-hybridized carbons (Fsp3) is 0.286. The van der Waals surface area contributed by atoms with Crippen LogP contribution in [0.3, 0.4) is 0 Å². The van der Waals surface area contributed by atoms with Gasteiger partial charge in [0.25, 0.3) is 5.91 Å². The molecular formula is C21H19N3O7. The van der Waals surface area contributed by atoms with E-state index in [-0.39, 0.29) is 44.8 Å². The Hall–Kier alpha value is -3.95. The van der Waals surface area contributed by atoms with Crippen molar-refractivity contribution in [2.24, 2.45) is 0 Å². The van der Waals surface area contributed by atoms with Gasteiger partial charge in [0, 0.05) is 18.2 Å². The number of hydrogen-bond donors (Lipinski definition) is 2. The summed E-state index contributed by atoms with van der Waals surface area (Å²) in [4.78, 5) is 38.4. The van der Waals surface area contributed by atoms with Gasteiger partial charge in [-0.15, -0.1) is 0 Å². The van der Waals surface area contributed by atoms with Crippen LogP contribution in [0.5, 0.6) is 23.0 Å². The Labute approximate surface area is 177 Å². The van der Waals surface area contributed by atoms with E-state index < -0.39 is 12.1 Å². The average Bonchev–Trinajstić information content (AvgIpc) is 3.47. The molecule has 2 aromatic rings. The second kappa shape index (κ2) is 7.71. The Morgan fingerprint density at radius 3 is 2.42 bits per heavy atom. The van der Waals surface area contributed by atoms with Crippen LogP contribution in [0.15, 0.2) is 36.4 Å². The minimum absolute atomic E-state index is 0.0724. The van der Waals surface area contributed by atoms with Crippen LogP contribution in [0.4, 0.5) is 10.5 Å². The zero-order valence-electron chi connectivity index (χ0n) is 16.4. The summed E-state index contributed by atoms with van der Waals surface area (Å²) in [6.07, 6.45) is 0.265. The summed E-state index contributed by atoms with van der Waals surface area (Å²) < 4.78 is 21.1. The van der Waals surface area contributed by atoms with Crippen LogP contribution < -0.4 is 29.6 Å². The SMILES string of the molecule is O=C(CC[C@@H]1NC(=O)N(Cc2ccc3c(c2)OCO3)C1=O)Nc1ccc2c(c1)OCO2. The molecule has 0 radical (unpaired) electrons. The van der Waals surface area contributed by atoms with Gasteiger partial charge in [0.2, 0.25) is 19.5 Å². The quantitative estimate of drug-likeness (QED) is 0.680. The average molecular weight is 425 g/mol. The number of nitrogens with one attached hydrogen (secondary N) is 2. The van der Waals surface area contributed by atoms with E-state index in [2.05, 4.69) is 10.6 Å². The molecule has 0 saturated carbocycles. The molecule has 3 aliphatic heterocycles. The molecule has 3 aliphatic rings. The number of carbonyl (C=O) groups excluding carboxylic acids is 3. The van der Waals surface area contributed by atoms with Gasteiger partial charge in [0.05, 0.1) is 6.54 Å². The summed E-state index contributed by atoms with van der Waals surface area (Å²) in [5, 5.41) is 5.40. The van der Waals surface area contributed by atoms with Crippen LogP contribution >= 0.6 is 0 Å². The Morgan fingerprint density at radius 1 is 0.968 bits per heavy atom. The van der Waals surface area contributed by atoms with Gasteiger partial charge >= 0.3 is 6.03 Å². The van der Waals surface area contributed by atoms with E-state index >= 15 is 0 Å². The second-order valence-electron chi connectivity index (χ2n) is 7.27. The molecule has 3 heterocycles. The summed E-state index contributed by atoms with van der Waals surface area (Å²) in [6.45, 7) is 0.415. The first-order valence-electron chi connectivity index (χ1n) is 9.77. The van der Waals surface area contributed by atoms with Crippen LogP contribution in [0.1, 0.15) is 18.4 Å². The third kappa shape index (κ3) is 3.79. The number of benzene rings is 2. The molecule has 0 spiro atoms. The Bertz CT molecular complexity index is 1070. The molecule has 0 bridgehead atoms. The number of ether oxygens (including phenoxy) is 4. The first kappa shape index (κ1) is 19.0. The third-order valence-corrected chi connectivity index (χ3v) is 5.20. The first-order chi connectivity index (χ1) is 15.1. The predicted molar refractivity (Wildman–Crippen MR) is 106 cm³/mol. The maximum absolute atomic E-state index is 12.7. The van der Waals surface area contributed by atoms with Crippen molar-refractivity contribution in [1.82, 2.24) is 10.2 Å². The van der Waals surface area contributed by atoms with E-state index in [0.29, 0.717) is 28.7 Å². The molecule has 160 valence electrons. The van der Waals surface area contributed by atoms with Crippen LogP contribution in [0.25, 0.3) is 0 Å². The number of rotatable bonds is 6. The molecule has 2 aromatic carbocycles. The lowest BCUT2D eigenvalue weighted by atomic mass is 10.1. The largest absolute Gasteiger partial charge is 0.454 e. The molecule has 10 nitrogen and oxygen atoms in total. The van der Waals surface area contributed by atoms with Crippen LogP contribution in [-0.2, 0) is 16.1 Å².